The van der Waals surface area contributed by atoms with Crippen LogP contribution in [0.3, 0.4) is 0 Å². The second kappa shape index (κ2) is 8.17. The first-order valence-electron chi connectivity index (χ1n) is 9.31. The third-order valence-corrected chi connectivity index (χ3v) is 5.29. The van der Waals surface area contributed by atoms with Crippen molar-refractivity contribution in [2.75, 3.05) is 6.54 Å². The molecule has 148 valence electrons. The summed E-state index contributed by atoms with van der Waals surface area (Å²) in [6.07, 6.45) is 0.824. The average Bonchev–Trinajstić information content (AvgIpc) is 3.16. The van der Waals surface area contributed by atoms with Crippen molar-refractivity contribution >= 4 is 23.3 Å². The maximum atomic E-state index is 13.0. The van der Waals surface area contributed by atoms with Gasteiger partial charge in [0.25, 0.3) is 0 Å². The Kier molecular flexibility index (Phi) is 5.45. The van der Waals surface area contributed by atoms with E-state index in [1.165, 1.54) is 24.3 Å². The van der Waals surface area contributed by atoms with E-state index in [1.54, 1.807) is 17.0 Å². The van der Waals surface area contributed by atoms with E-state index in [-0.39, 0.29) is 24.5 Å². The van der Waals surface area contributed by atoms with Gasteiger partial charge in [0.1, 0.15) is 11.5 Å². The summed E-state index contributed by atoms with van der Waals surface area (Å²) >= 11 is 5.94. The highest BCUT2D eigenvalue weighted by Crippen LogP contribution is 2.31. The predicted octanol–water partition coefficient (Wildman–Crippen LogP) is 4.68. The summed E-state index contributed by atoms with van der Waals surface area (Å²) in [5.41, 5.74) is 3.04. The summed E-state index contributed by atoms with van der Waals surface area (Å²) < 4.78 is 18.5. The van der Waals surface area contributed by atoms with Gasteiger partial charge in [0.15, 0.2) is 11.5 Å². The second-order valence-electron chi connectivity index (χ2n) is 6.94. The fourth-order valence-electron chi connectivity index (χ4n) is 3.43. The number of hydrogen-bond donors (Lipinski definition) is 0. The number of rotatable bonds is 5. The van der Waals surface area contributed by atoms with E-state index in [9.17, 15) is 14.0 Å². The molecule has 1 aliphatic rings. The molecule has 0 saturated carbocycles. The number of Topliss-reactive ketones (excluding diaryl/α,β-unsaturated/α-hetero) is 1. The number of halogens is 2. The fourth-order valence-corrected chi connectivity index (χ4v) is 3.56. The average molecular weight is 413 g/mol. The molecule has 0 N–H and O–H groups in total. The molecule has 29 heavy (non-hydrogen) atoms. The zero-order valence-electron chi connectivity index (χ0n) is 15.5. The van der Waals surface area contributed by atoms with E-state index in [0.29, 0.717) is 35.9 Å². The number of amides is 1. The molecular weight excluding hydrogens is 395 g/mol. The molecule has 1 amide bonds. The molecule has 2 aromatic carbocycles. The van der Waals surface area contributed by atoms with Crippen LogP contribution in [0.25, 0.3) is 11.3 Å². The zero-order chi connectivity index (χ0) is 20.4. The van der Waals surface area contributed by atoms with E-state index < -0.39 is 5.82 Å². The van der Waals surface area contributed by atoms with Crippen LogP contribution < -0.4 is 0 Å². The highest BCUT2D eigenvalue weighted by Gasteiger charge is 2.27. The minimum absolute atomic E-state index is 0.0860. The van der Waals surface area contributed by atoms with Crippen molar-refractivity contribution in [2.24, 2.45) is 0 Å². The lowest BCUT2D eigenvalue weighted by atomic mass is 10.00. The number of benzene rings is 2. The maximum absolute atomic E-state index is 13.0. The van der Waals surface area contributed by atoms with E-state index in [1.807, 2.05) is 12.1 Å². The monoisotopic (exact) mass is 412 g/mol. The smallest absolute Gasteiger partial charge is 0.223 e. The second-order valence-corrected chi connectivity index (χ2v) is 7.38. The van der Waals surface area contributed by atoms with Gasteiger partial charge in [-0.05, 0) is 55.0 Å². The first-order chi connectivity index (χ1) is 14.0. The molecule has 4 rings (SSSR count). The SMILES string of the molecule is O=C(CCC(=O)N1CCc2c(noc2-c2ccc(Cl)cc2)C1)c1ccc(F)cc1. The lowest BCUT2D eigenvalue weighted by molar-refractivity contribution is -0.132. The van der Waals surface area contributed by atoms with Gasteiger partial charge in [0.05, 0.1) is 6.54 Å². The van der Waals surface area contributed by atoms with Gasteiger partial charge in [-0.15, -0.1) is 0 Å². The maximum Gasteiger partial charge on any atom is 0.223 e. The van der Waals surface area contributed by atoms with E-state index in [0.717, 1.165) is 16.8 Å². The molecule has 0 unspecified atom stereocenters. The first kappa shape index (κ1) is 19.3. The van der Waals surface area contributed by atoms with Crippen LogP contribution in [-0.2, 0) is 17.8 Å². The van der Waals surface area contributed by atoms with Crippen LogP contribution in [0.2, 0.25) is 5.02 Å². The Morgan fingerprint density at radius 2 is 1.79 bits per heavy atom. The third-order valence-electron chi connectivity index (χ3n) is 5.03. The zero-order valence-corrected chi connectivity index (χ0v) is 16.3. The molecular formula is C22H18ClFN2O3. The number of carbonyl (C=O) groups is 2. The van der Waals surface area contributed by atoms with Crippen molar-refractivity contribution < 1.29 is 18.5 Å². The van der Waals surface area contributed by atoms with Gasteiger partial charge < -0.3 is 9.42 Å². The van der Waals surface area contributed by atoms with E-state index in [2.05, 4.69) is 5.16 Å². The minimum Gasteiger partial charge on any atom is -0.356 e. The minimum atomic E-state index is -0.396. The number of hydrogen-bond acceptors (Lipinski definition) is 4. The molecule has 0 bridgehead atoms. The molecule has 1 aromatic heterocycles. The van der Waals surface area contributed by atoms with Crippen molar-refractivity contribution in [3.63, 3.8) is 0 Å². The summed E-state index contributed by atoms with van der Waals surface area (Å²) in [5, 5.41) is 4.78. The molecule has 3 aromatic rings. The molecule has 0 spiro atoms. The van der Waals surface area contributed by atoms with E-state index >= 15 is 0 Å². The molecule has 2 heterocycles. The first-order valence-corrected chi connectivity index (χ1v) is 9.69. The Hall–Kier alpha value is -2.99. The van der Waals surface area contributed by atoms with Crippen LogP contribution in [0.15, 0.2) is 53.1 Å². The molecule has 0 saturated heterocycles. The predicted molar refractivity (Wildman–Crippen MR) is 106 cm³/mol. The van der Waals surface area contributed by atoms with Crippen LogP contribution >= 0.6 is 11.6 Å². The van der Waals surface area contributed by atoms with Gasteiger partial charge in [-0.1, -0.05) is 16.8 Å². The quantitative estimate of drug-likeness (QED) is 0.571. The van der Waals surface area contributed by atoms with Crippen molar-refractivity contribution in [1.82, 2.24) is 10.1 Å². The summed E-state index contributed by atoms with van der Waals surface area (Å²) in [4.78, 5) is 26.4. The highest BCUT2D eigenvalue weighted by atomic mass is 35.5. The van der Waals surface area contributed by atoms with Gasteiger partial charge in [-0.2, -0.15) is 0 Å². The molecule has 0 atom stereocenters. The van der Waals surface area contributed by atoms with Crippen LogP contribution in [0.4, 0.5) is 4.39 Å². The third kappa shape index (κ3) is 4.22. The standard InChI is InChI=1S/C22H18ClFN2O3/c23-16-5-1-15(2-6-16)22-18-11-12-26(13-19(18)25-29-22)21(28)10-9-20(27)14-3-7-17(24)8-4-14/h1-8H,9-13H2. The molecule has 0 fully saturated rings. The lowest BCUT2D eigenvalue weighted by Crippen LogP contribution is -2.36. The van der Waals surface area contributed by atoms with Crippen molar-refractivity contribution in [3.05, 3.63) is 76.2 Å². The highest BCUT2D eigenvalue weighted by molar-refractivity contribution is 6.30. The Labute approximate surface area is 172 Å². The Morgan fingerprint density at radius 1 is 1.07 bits per heavy atom. The lowest BCUT2D eigenvalue weighted by Gasteiger charge is -2.26. The molecule has 0 aliphatic carbocycles. The molecule has 5 nitrogen and oxygen atoms in total. The van der Waals surface area contributed by atoms with Gasteiger partial charge in [0, 0.05) is 41.1 Å². The van der Waals surface area contributed by atoms with Crippen molar-refractivity contribution in [1.29, 1.82) is 0 Å². The van der Waals surface area contributed by atoms with Crippen LogP contribution in [-0.4, -0.2) is 28.3 Å². The van der Waals surface area contributed by atoms with Gasteiger partial charge in [-0.3, -0.25) is 9.59 Å². The fraction of sp³-hybridized carbons (Fsp3) is 0.227. The largest absolute Gasteiger partial charge is 0.356 e. The van der Waals surface area contributed by atoms with Crippen LogP contribution in [0.1, 0.15) is 34.5 Å². The van der Waals surface area contributed by atoms with E-state index in [4.69, 9.17) is 16.1 Å². The number of nitrogens with zero attached hydrogens (tertiary/aromatic N) is 2. The summed E-state index contributed by atoms with van der Waals surface area (Å²) in [5.74, 6) is 0.0206. The Bertz CT molecular complexity index is 1040. The summed E-state index contributed by atoms with van der Waals surface area (Å²) in [6.45, 7) is 0.897. The Morgan fingerprint density at radius 3 is 2.52 bits per heavy atom. The van der Waals surface area contributed by atoms with Crippen molar-refractivity contribution in [3.8, 4) is 11.3 Å². The number of aromatic nitrogens is 1. The van der Waals surface area contributed by atoms with Gasteiger partial charge in [-0.25, -0.2) is 4.39 Å². The molecule has 7 heteroatoms. The topological polar surface area (TPSA) is 63.4 Å². The summed E-state index contributed by atoms with van der Waals surface area (Å²) in [6, 6.07) is 12.7. The van der Waals surface area contributed by atoms with Crippen LogP contribution in [0.5, 0.6) is 0 Å². The Balaban J connectivity index is 1.38. The van der Waals surface area contributed by atoms with Crippen molar-refractivity contribution in [2.45, 2.75) is 25.8 Å². The summed E-state index contributed by atoms with van der Waals surface area (Å²) in [7, 11) is 0. The number of carbonyl (C=O) groups excluding carboxylic acids is 2. The molecule has 0 radical (unpaired) electrons. The number of ketones is 1. The van der Waals surface area contributed by atoms with Gasteiger partial charge >= 0.3 is 0 Å². The van der Waals surface area contributed by atoms with Gasteiger partial charge in [0.2, 0.25) is 5.91 Å². The molecule has 1 aliphatic heterocycles. The number of fused-ring (bicyclic) bond motifs is 1. The normalized spacial score (nSPS) is 13.2. The van der Waals surface area contributed by atoms with Crippen LogP contribution in [0, 0.1) is 5.82 Å².